The Morgan fingerprint density at radius 3 is 2.56 bits per heavy atom. The van der Waals surface area contributed by atoms with Crippen LogP contribution >= 0.6 is 34.8 Å². The fourth-order valence-corrected chi connectivity index (χ4v) is 1.35. The summed E-state index contributed by atoms with van der Waals surface area (Å²) in [7, 11) is 0. The van der Waals surface area contributed by atoms with Crippen molar-refractivity contribution >= 4 is 46.8 Å². The molecule has 1 atom stereocenters. The molecular formula is C9H10Cl3NO3. The van der Waals surface area contributed by atoms with Crippen molar-refractivity contribution in [3.05, 3.63) is 12.2 Å². The summed E-state index contributed by atoms with van der Waals surface area (Å²) in [6.45, 7) is 0. The molecule has 0 saturated heterocycles. The van der Waals surface area contributed by atoms with Gasteiger partial charge in [-0.1, -0.05) is 40.9 Å². The second kappa shape index (κ2) is 5.75. The van der Waals surface area contributed by atoms with Crippen LogP contribution in [0.15, 0.2) is 12.2 Å². The molecule has 2 amide bonds. The SMILES string of the molecule is O=C(NC(=O)C(Cl)(Cl)Cl)OC1C=CCCC1. The van der Waals surface area contributed by atoms with Gasteiger partial charge < -0.3 is 4.74 Å². The Kier molecular flexibility index (Phi) is 4.89. The number of ether oxygens (including phenoxy) is 1. The second-order valence-electron chi connectivity index (χ2n) is 3.25. The smallest absolute Gasteiger partial charge is 0.414 e. The molecule has 4 nitrogen and oxygen atoms in total. The van der Waals surface area contributed by atoms with Crippen LogP contribution in [0.4, 0.5) is 4.79 Å². The third-order valence-electron chi connectivity index (χ3n) is 1.94. The van der Waals surface area contributed by atoms with Gasteiger partial charge >= 0.3 is 6.09 Å². The number of rotatable bonds is 1. The molecule has 90 valence electrons. The molecule has 1 aliphatic carbocycles. The van der Waals surface area contributed by atoms with Gasteiger partial charge in [-0.05, 0) is 25.3 Å². The number of nitrogens with one attached hydrogen (secondary N) is 1. The Bertz CT molecular complexity index is 312. The molecule has 0 aromatic rings. The zero-order valence-electron chi connectivity index (χ0n) is 8.21. The molecule has 0 bridgehead atoms. The third-order valence-corrected chi connectivity index (χ3v) is 2.46. The number of carbonyl (C=O) groups excluding carboxylic acids is 2. The van der Waals surface area contributed by atoms with E-state index in [0.717, 1.165) is 19.3 Å². The molecule has 1 N–H and O–H groups in total. The highest BCUT2D eigenvalue weighted by molar-refractivity contribution is 6.76. The van der Waals surface area contributed by atoms with Crippen molar-refractivity contribution in [3.8, 4) is 0 Å². The van der Waals surface area contributed by atoms with Crippen LogP contribution in [0.25, 0.3) is 0 Å². The van der Waals surface area contributed by atoms with Crippen LogP contribution in [0.5, 0.6) is 0 Å². The first-order chi connectivity index (χ1) is 7.39. The molecule has 0 heterocycles. The van der Waals surface area contributed by atoms with Crippen molar-refractivity contribution in [2.75, 3.05) is 0 Å². The minimum absolute atomic E-state index is 0.322. The minimum atomic E-state index is -2.17. The van der Waals surface area contributed by atoms with Crippen LogP contribution in [-0.4, -0.2) is 21.9 Å². The van der Waals surface area contributed by atoms with E-state index in [1.165, 1.54) is 0 Å². The molecule has 0 aromatic heterocycles. The highest BCUT2D eigenvalue weighted by Gasteiger charge is 2.32. The molecule has 7 heteroatoms. The Morgan fingerprint density at radius 1 is 1.38 bits per heavy atom. The molecule has 1 unspecified atom stereocenters. The van der Waals surface area contributed by atoms with Crippen molar-refractivity contribution in [2.45, 2.75) is 29.2 Å². The highest BCUT2D eigenvalue weighted by atomic mass is 35.6. The molecule has 0 radical (unpaired) electrons. The number of imide groups is 1. The van der Waals surface area contributed by atoms with Gasteiger partial charge in [0.15, 0.2) is 0 Å². The van der Waals surface area contributed by atoms with Crippen molar-refractivity contribution in [3.63, 3.8) is 0 Å². The number of alkyl carbamates (subject to hydrolysis) is 1. The molecule has 1 aliphatic rings. The van der Waals surface area contributed by atoms with E-state index >= 15 is 0 Å². The predicted octanol–water partition coefficient (Wildman–Crippen LogP) is 2.72. The summed E-state index contributed by atoms with van der Waals surface area (Å²) in [5.74, 6) is -1.03. The van der Waals surface area contributed by atoms with Gasteiger partial charge in [-0.3, -0.25) is 10.1 Å². The van der Waals surface area contributed by atoms with Gasteiger partial charge in [-0.15, -0.1) is 0 Å². The molecule has 0 fully saturated rings. The number of halogens is 3. The summed E-state index contributed by atoms with van der Waals surface area (Å²) in [5, 5.41) is 1.84. The van der Waals surface area contributed by atoms with Crippen LogP contribution < -0.4 is 5.32 Å². The minimum Gasteiger partial charge on any atom is -0.442 e. The van der Waals surface area contributed by atoms with Gasteiger partial charge in [-0.25, -0.2) is 4.79 Å². The molecule has 0 aromatic carbocycles. The molecule has 0 aliphatic heterocycles. The van der Waals surface area contributed by atoms with Gasteiger partial charge in [0.25, 0.3) is 9.70 Å². The van der Waals surface area contributed by atoms with Gasteiger partial charge in [0.1, 0.15) is 6.10 Å². The quantitative estimate of drug-likeness (QED) is 0.595. The van der Waals surface area contributed by atoms with E-state index in [1.807, 2.05) is 11.4 Å². The van der Waals surface area contributed by atoms with Gasteiger partial charge in [-0.2, -0.15) is 0 Å². The number of allylic oxidation sites excluding steroid dienone is 1. The van der Waals surface area contributed by atoms with Crippen molar-refractivity contribution in [1.29, 1.82) is 0 Å². The normalized spacial score (nSPS) is 20.3. The summed E-state index contributed by atoms with van der Waals surface area (Å²) >= 11 is 15.8. The maximum Gasteiger partial charge on any atom is 0.414 e. The Balaban J connectivity index is 2.38. The van der Waals surface area contributed by atoms with Gasteiger partial charge in [0.2, 0.25) is 0 Å². The number of alkyl halides is 3. The van der Waals surface area contributed by atoms with E-state index in [0.29, 0.717) is 0 Å². The number of carbonyl (C=O) groups is 2. The van der Waals surface area contributed by atoms with Crippen molar-refractivity contribution in [1.82, 2.24) is 5.32 Å². The fourth-order valence-electron chi connectivity index (χ4n) is 1.21. The van der Waals surface area contributed by atoms with Gasteiger partial charge in [0.05, 0.1) is 0 Å². The summed E-state index contributed by atoms with van der Waals surface area (Å²) in [4.78, 5) is 22.3. The van der Waals surface area contributed by atoms with E-state index in [9.17, 15) is 9.59 Å². The third kappa shape index (κ3) is 4.60. The lowest BCUT2D eigenvalue weighted by Gasteiger charge is -2.17. The predicted molar refractivity (Wildman–Crippen MR) is 61.7 cm³/mol. The average Bonchev–Trinajstić information content (AvgIpc) is 2.17. The van der Waals surface area contributed by atoms with E-state index in [2.05, 4.69) is 0 Å². The van der Waals surface area contributed by atoms with Crippen LogP contribution in [0.2, 0.25) is 0 Å². The Hall–Kier alpha value is -0.450. The maximum absolute atomic E-state index is 11.2. The Morgan fingerprint density at radius 2 is 2.06 bits per heavy atom. The summed E-state index contributed by atoms with van der Waals surface area (Å²) in [6, 6.07) is 0. The van der Waals surface area contributed by atoms with Crippen LogP contribution in [0, 0.1) is 0 Å². The van der Waals surface area contributed by atoms with Crippen LogP contribution in [-0.2, 0) is 9.53 Å². The zero-order valence-corrected chi connectivity index (χ0v) is 10.5. The molecule has 16 heavy (non-hydrogen) atoms. The van der Waals surface area contributed by atoms with Crippen molar-refractivity contribution in [2.24, 2.45) is 0 Å². The second-order valence-corrected chi connectivity index (χ2v) is 5.54. The van der Waals surface area contributed by atoms with Crippen LogP contribution in [0.3, 0.4) is 0 Å². The lowest BCUT2D eigenvalue weighted by molar-refractivity contribution is -0.119. The zero-order chi connectivity index (χ0) is 12.2. The summed E-state index contributed by atoms with van der Waals surface area (Å²) < 4.78 is 2.76. The first-order valence-corrected chi connectivity index (χ1v) is 5.78. The lowest BCUT2D eigenvalue weighted by atomic mass is 10.1. The van der Waals surface area contributed by atoms with E-state index in [-0.39, 0.29) is 6.10 Å². The largest absolute Gasteiger partial charge is 0.442 e. The van der Waals surface area contributed by atoms with E-state index in [4.69, 9.17) is 39.5 Å². The summed E-state index contributed by atoms with van der Waals surface area (Å²) in [6.07, 6.45) is 5.08. The topological polar surface area (TPSA) is 55.4 Å². The van der Waals surface area contributed by atoms with Gasteiger partial charge in [0, 0.05) is 0 Å². The maximum atomic E-state index is 11.2. The number of amides is 2. The lowest BCUT2D eigenvalue weighted by Crippen LogP contribution is -2.40. The first-order valence-electron chi connectivity index (χ1n) is 4.65. The number of hydrogen-bond donors (Lipinski definition) is 1. The molecule has 0 saturated carbocycles. The molecule has 1 rings (SSSR count). The average molecular weight is 287 g/mol. The standard InChI is InChI=1S/C9H10Cl3NO3/c10-9(11,12)7(14)13-8(15)16-6-4-2-1-3-5-6/h2,4,6H,1,3,5H2,(H,13,14,15). The Labute approximate surface area is 108 Å². The van der Waals surface area contributed by atoms with Crippen molar-refractivity contribution < 1.29 is 14.3 Å². The van der Waals surface area contributed by atoms with E-state index < -0.39 is 15.8 Å². The van der Waals surface area contributed by atoms with Crippen LogP contribution in [0.1, 0.15) is 19.3 Å². The first kappa shape index (κ1) is 13.6. The molecule has 0 spiro atoms. The monoisotopic (exact) mass is 285 g/mol. The van der Waals surface area contributed by atoms with E-state index in [1.54, 1.807) is 6.08 Å². The summed E-state index contributed by atoms with van der Waals surface area (Å²) in [5.41, 5.74) is 0. The number of hydrogen-bond acceptors (Lipinski definition) is 3. The molecular weight excluding hydrogens is 276 g/mol. The fraction of sp³-hybridized carbons (Fsp3) is 0.556. The highest BCUT2D eigenvalue weighted by Crippen LogP contribution is 2.25.